The molecule has 0 aliphatic rings. The Morgan fingerprint density at radius 2 is 1.92 bits per heavy atom. The first-order chi connectivity index (χ1) is 11.5. The van der Waals surface area contributed by atoms with Crippen LogP contribution in [0.1, 0.15) is 11.5 Å². The summed E-state index contributed by atoms with van der Waals surface area (Å²) in [5.41, 5.74) is 1.02. The lowest BCUT2D eigenvalue weighted by molar-refractivity contribution is 0.376. The molecule has 0 saturated carbocycles. The molecule has 2 aromatic carbocycles. The van der Waals surface area contributed by atoms with Gasteiger partial charge in [0.15, 0.2) is 0 Å². The predicted octanol–water partition coefficient (Wildman–Crippen LogP) is 2.66. The zero-order chi connectivity index (χ0) is 17.2. The summed E-state index contributed by atoms with van der Waals surface area (Å²) in [7, 11) is -3.80. The molecule has 0 bridgehead atoms. The molecule has 0 aliphatic heterocycles. The molecule has 1 heterocycles. The molecule has 8 heteroatoms. The highest BCUT2D eigenvalue weighted by atomic mass is 32.2. The Morgan fingerprint density at radius 1 is 1.17 bits per heavy atom. The molecule has 0 saturated heterocycles. The second-order valence-electron chi connectivity index (χ2n) is 5.11. The van der Waals surface area contributed by atoms with E-state index in [1.54, 1.807) is 0 Å². The van der Waals surface area contributed by atoms with Crippen LogP contribution in [0.15, 0.2) is 57.9 Å². The highest BCUT2D eigenvalue weighted by Crippen LogP contribution is 2.16. The largest absolute Gasteiger partial charge is 0.338 e. The first-order valence-electron chi connectivity index (χ1n) is 7.09. The highest BCUT2D eigenvalue weighted by Gasteiger charge is 2.17. The zero-order valence-electron chi connectivity index (χ0n) is 12.7. The molecule has 0 amide bonds. The number of aromatic nitrogens is 2. The topological polar surface area (TPSA) is 85.1 Å². The molecule has 3 aromatic rings. The van der Waals surface area contributed by atoms with E-state index in [-0.39, 0.29) is 22.9 Å². The summed E-state index contributed by atoms with van der Waals surface area (Å²) in [5, 5.41) is 3.82. The van der Waals surface area contributed by atoms with Crippen molar-refractivity contribution in [3.8, 4) is 11.4 Å². The lowest BCUT2D eigenvalue weighted by Gasteiger charge is -2.05. The van der Waals surface area contributed by atoms with Crippen molar-refractivity contribution in [1.29, 1.82) is 0 Å². The van der Waals surface area contributed by atoms with Gasteiger partial charge in [-0.15, -0.1) is 0 Å². The number of nitrogens with one attached hydrogen (secondary N) is 1. The Labute approximate surface area is 138 Å². The van der Waals surface area contributed by atoms with Crippen LogP contribution in [0, 0.1) is 12.7 Å². The number of aryl methyl sites for hydroxylation is 1. The van der Waals surface area contributed by atoms with E-state index in [2.05, 4.69) is 14.9 Å². The van der Waals surface area contributed by atoms with Gasteiger partial charge in [-0.1, -0.05) is 35.5 Å². The molecule has 1 aromatic heterocycles. The van der Waals surface area contributed by atoms with Gasteiger partial charge in [0.2, 0.25) is 21.7 Å². The van der Waals surface area contributed by atoms with Gasteiger partial charge in [-0.3, -0.25) is 0 Å². The number of sulfonamides is 1. The summed E-state index contributed by atoms with van der Waals surface area (Å²) >= 11 is 0. The summed E-state index contributed by atoms with van der Waals surface area (Å²) in [6, 6.07) is 12.8. The second-order valence-corrected chi connectivity index (χ2v) is 6.88. The fourth-order valence-corrected chi connectivity index (χ4v) is 3.11. The van der Waals surface area contributed by atoms with E-state index in [9.17, 15) is 12.8 Å². The van der Waals surface area contributed by atoms with Crippen molar-refractivity contribution < 1.29 is 17.3 Å². The average Bonchev–Trinajstić information content (AvgIpc) is 3.05. The number of hydrogen-bond acceptors (Lipinski definition) is 5. The molecule has 0 spiro atoms. The fourth-order valence-electron chi connectivity index (χ4n) is 2.06. The molecule has 3 rings (SSSR count). The molecule has 24 heavy (non-hydrogen) atoms. The lowest BCUT2D eigenvalue weighted by atomic mass is 10.2. The van der Waals surface area contributed by atoms with Crippen molar-refractivity contribution in [2.75, 3.05) is 0 Å². The Bertz CT molecular complexity index is 956. The third kappa shape index (κ3) is 3.50. The molecular formula is C16H14FN3O3S. The summed E-state index contributed by atoms with van der Waals surface area (Å²) in [5.74, 6) is 0.0528. The summed E-state index contributed by atoms with van der Waals surface area (Å²) < 4.78 is 45.1. The van der Waals surface area contributed by atoms with Crippen LogP contribution in [0.2, 0.25) is 0 Å². The summed E-state index contributed by atoms with van der Waals surface area (Å²) in [6.45, 7) is 1.34. The maximum atomic E-state index is 13.3. The third-order valence-electron chi connectivity index (χ3n) is 3.35. The van der Waals surface area contributed by atoms with Crippen LogP contribution in [0.4, 0.5) is 4.39 Å². The van der Waals surface area contributed by atoms with Crippen molar-refractivity contribution in [1.82, 2.24) is 14.9 Å². The number of rotatable bonds is 5. The van der Waals surface area contributed by atoms with Gasteiger partial charge in [-0.2, -0.15) is 4.98 Å². The van der Waals surface area contributed by atoms with E-state index in [0.29, 0.717) is 5.82 Å². The van der Waals surface area contributed by atoms with Gasteiger partial charge in [0.1, 0.15) is 5.82 Å². The Balaban J connectivity index is 1.73. The average molecular weight is 347 g/mol. The first kappa shape index (κ1) is 16.3. The van der Waals surface area contributed by atoms with E-state index >= 15 is 0 Å². The van der Waals surface area contributed by atoms with Crippen LogP contribution in [0.25, 0.3) is 11.4 Å². The first-order valence-corrected chi connectivity index (χ1v) is 8.58. The van der Waals surface area contributed by atoms with Crippen molar-refractivity contribution in [3.63, 3.8) is 0 Å². The molecule has 0 radical (unpaired) electrons. The van der Waals surface area contributed by atoms with Gasteiger partial charge in [0, 0.05) is 5.56 Å². The van der Waals surface area contributed by atoms with Crippen molar-refractivity contribution in [2.24, 2.45) is 0 Å². The molecule has 0 aliphatic carbocycles. The van der Waals surface area contributed by atoms with Gasteiger partial charge >= 0.3 is 0 Å². The zero-order valence-corrected chi connectivity index (χ0v) is 13.5. The molecule has 0 atom stereocenters. The lowest BCUT2D eigenvalue weighted by Crippen LogP contribution is -2.23. The quantitative estimate of drug-likeness (QED) is 0.767. The summed E-state index contributed by atoms with van der Waals surface area (Å²) in [6.07, 6.45) is 0. The van der Waals surface area contributed by atoms with Crippen LogP contribution in [-0.4, -0.2) is 18.6 Å². The molecular weight excluding hydrogens is 333 g/mol. The van der Waals surface area contributed by atoms with E-state index in [4.69, 9.17) is 4.52 Å². The van der Waals surface area contributed by atoms with Crippen LogP contribution in [0.3, 0.4) is 0 Å². The van der Waals surface area contributed by atoms with E-state index in [0.717, 1.165) is 11.6 Å². The molecule has 1 N–H and O–H groups in total. The summed E-state index contributed by atoms with van der Waals surface area (Å²) in [4.78, 5) is 4.12. The number of halogens is 1. The van der Waals surface area contributed by atoms with Gasteiger partial charge in [0.25, 0.3) is 0 Å². The molecule has 124 valence electrons. The number of nitrogens with zero attached hydrogens (tertiary/aromatic N) is 2. The van der Waals surface area contributed by atoms with Crippen molar-refractivity contribution in [2.45, 2.75) is 18.4 Å². The van der Waals surface area contributed by atoms with Gasteiger partial charge in [0.05, 0.1) is 11.4 Å². The normalized spacial score (nSPS) is 11.6. The predicted molar refractivity (Wildman–Crippen MR) is 84.9 cm³/mol. The second kappa shape index (κ2) is 6.50. The van der Waals surface area contributed by atoms with E-state index in [1.807, 2.05) is 30.3 Å². The van der Waals surface area contributed by atoms with Gasteiger partial charge in [-0.05, 0) is 30.7 Å². The fraction of sp³-hybridized carbons (Fsp3) is 0.125. The maximum absolute atomic E-state index is 13.3. The highest BCUT2D eigenvalue weighted by molar-refractivity contribution is 7.89. The Kier molecular flexibility index (Phi) is 4.41. The van der Waals surface area contributed by atoms with Gasteiger partial charge < -0.3 is 4.52 Å². The maximum Gasteiger partial charge on any atom is 0.242 e. The molecule has 0 unspecified atom stereocenters. The number of hydrogen-bond donors (Lipinski definition) is 1. The monoisotopic (exact) mass is 347 g/mol. The van der Waals surface area contributed by atoms with Gasteiger partial charge in [-0.25, -0.2) is 17.5 Å². The minimum atomic E-state index is -3.80. The van der Waals surface area contributed by atoms with Crippen molar-refractivity contribution >= 4 is 10.0 Å². The Morgan fingerprint density at radius 3 is 2.62 bits per heavy atom. The van der Waals surface area contributed by atoms with Crippen molar-refractivity contribution in [3.05, 3.63) is 65.8 Å². The SMILES string of the molecule is Cc1cc(S(=O)(=O)NCc2nc(-c3ccccc3)no2)ccc1F. The standard InChI is InChI=1S/C16H14FN3O3S/c1-11-9-13(7-8-14(11)17)24(21,22)18-10-15-19-16(20-23-15)12-5-3-2-4-6-12/h2-9,18H,10H2,1H3. The third-order valence-corrected chi connectivity index (χ3v) is 4.75. The van der Waals surface area contributed by atoms with Crippen LogP contribution in [-0.2, 0) is 16.6 Å². The van der Waals surface area contributed by atoms with Crippen LogP contribution < -0.4 is 4.72 Å². The molecule has 0 fully saturated rings. The molecule has 6 nitrogen and oxygen atoms in total. The number of benzene rings is 2. The minimum absolute atomic E-state index is 0.0239. The van der Waals surface area contributed by atoms with Crippen LogP contribution in [0.5, 0.6) is 0 Å². The van der Waals surface area contributed by atoms with E-state index in [1.165, 1.54) is 19.1 Å². The van der Waals surface area contributed by atoms with Crippen LogP contribution >= 0.6 is 0 Å². The Hall–Kier alpha value is -2.58. The van der Waals surface area contributed by atoms with E-state index < -0.39 is 15.8 Å². The minimum Gasteiger partial charge on any atom is -0.338 e. The smallest absolute Gasteiger partial charge is 0.242 e.